The largest absolute Gasteiger partial charge is 0.475 e. The van der Waals surface area contributed by atoms with Crippen LogP contribution in [0.15, 0.2) is 12.1 Å². The molecule has 2 N–H and O–H groups in total. The molecule has 1 saturated carbocycles. The van der Waals surface area contributed by atoms with Crippen molar-refractivity contribution in [2.24, 2.45) is 11.8 Å². The quantitative estimate of drug-likeness (QED) is 0.192. The molecule has 0 amide bonds. The average molecular weight is 675 g/mol. The summed E-state index contributed by atoms with van der Waals surface area (Å²) < 4.78 is 86.1. The van der Waals surface area contributed by atoms with Gasteiger partial charge in [-0.2, -0.15) is 28.4 Å². The number of rotatable bonds is 7. The van der Waals surface area contributed by atoms with Crippen LogP contribution in [0.1, 0.15) is 31.2 Å². The molecular formula is C31H28ClF5N8O2. The Morgan fingerprint density at radius 1 is 1.28 bits per heavy atom. The first-order chi connectivity index (χ1) is 22.4. The van der Waals surface area contributed by atoms with Gasteiger partial charge < -0.3 is 25.0 Å². The van der Waals surface area contributed by atoms with Gasteiger partial charge in [0.2, 0.25) is 12.4 Å². The highest BCUT2D eigenvalue weighted by atomic mass is 35.5. The van der Waals surface area contributed by atoms with E-state index >= 15 is 4.39 Å². The molecule has 3 fully saturated rings. The third-order valence-electron chi connectivity index (χ3n) is 9.54. The zero-order valence-electron chi connectivity index (χ0n) is 24.8. The molecule has 246 valence electrons. The number of halogens is 6. The summed E-state index contributed by atoms with van der Waals surface area (Å²) in [6.45, 7) is 8.63. The van der Waals surface area contributed by atoms with Crippen LogP contribution >= 0.6 is 11.6 Å². The monoisotopic (exact) mass is 674 g/mol. The van der Waals surface area contributed by atoms with E-state index in [1.807, 2.05) is 4.90 Å². The van der Waals surface area contributed by atoms with Crippen LogP contribution in [0.2, 0.25) is 5.02 Å². The molecule has 5 heterocycles. The second-order valence-corrected chi connectivity index (χ2v) is 13.0. The first-order valence-corrected chi connectivity index (χ1v) is 15.5. The molecule has 2 aromatic heterocycles. The van der Waals surface area contributed by atoms with Crippen LogP contribution in [0.3, 0.4) is 0 Å². The van der Waals surface area contributed by atoms with Crippen LogP contribution in [0.4, 0.5) is 33.5 Å². The fourth-order valence-corrected chi connectivity index (χ4v) is 7.53. The van der Waals surface area contributed by atoms with Gasteiger partial charge in [0.15, 0.2) is 5.82 Å². The van der Waals surface area contributed by atoms with E-state index in [0.29, 0.717) is 19.4 Å². The van der Waals surface area contributed by atoms with Crippen LogP contribution in [0, 0.1) is 35.6 Å². The molecular weight excluding hydrogens is 647 g/mol. The summed E-state index contributed by atoms with van der Waals surface area (Å²) in [5.74, 6) is -1.62. The lowest BCUT2D eigenvalue weighted by molar-refractivity contribution is -0.137. The zero-order valence-corrected chi connectivity index (χ0v) is 25.6. The highest BCUT2D eigenvalue weighted by molar-refractivity contribution is 6.32. The van der Waals surface area contributed by atoms with Crippen molar-refractivity contribution < 1.29 is 31.4 Å². The fraction of sp³-hybridized carbons (Fsp3) is 0.516. The summed E-state index contributed by atoms with van der Waals surface area (Å²) in [7, 11) is 0. The Bertz CT molecular complexity index is 1850. The maximum Gasteiger partial charge on any atom is 0.418 e. The van der Waals surface area contributed by atoms with E-state index in [2.05, 4.69) is 25.9 Å². The number of alkyl halides is 4. The van der Waals surface area contributed by atoms with Crippen molar-refractivity contribution in [1.29, 1.82) is 5.26 Å². The van der Waals surface area contributed by atoms with E-state index in [1.165, 1.54) is 0 Å². The van der Waals surface area contributed by atoms with Gasteiger partial charge in [0, 0.05) is 30.8 Å². The van der Waals surface area contributed by atoms with Gasteiger partial charge in [0.25, 0.3) is 0 Å². The third kappa shape index (κ3) is 5.49. The van der Waals surface area contributed by atoms with Crippen LogP contribution < -0.4 is 20.1 Å². The van der Waals surface area contributed by atoms with E-state index in [1.54, 1.807) is 4.90 Å². The minimum absolute atomic E-state index is 0.00887. The molecule has 47 heavy (non-hydrogen) atoms. The molecule has 0 radical (unpaired) electrons. The van der Waals surface area contributed by atoms with Gasteiger partial charge in [-0.1, -0.05) is 11.6 Å². The molecule has 5 atom stereocenters. The summed E-state index contributed by atoms with van der Waals surface area (Å²) in [5, 5.41) is 8.71. The van der Waals surface area contributed by atoms with Gasteiger partial charge in [-0.25, -0.2) is 20.3 Å². The Morgan fingerprint density at radius 3 is 2.81 bits per heavy atom. The number of hydrogen-bond donors (Lipinski definition) is 1. The van der Waals surface area contributed by atoms with Crippen LogP contribution in [0.25, 0.3) is 27.0 Å². The summed E-state index contributed by atoms with van der Waals surface area (Å²) >= 11 is 5.99. The highest BCUT2D eigenvalue weighted by Crippen LogP contribution is 2.48. The van der Waals surface area contributed by atoms with Crippen molar-refractivity contribution in [2.45, 2.75) is 49.6 Å². The number of fused-ring (bicyclic) bond motifs is 1. The Hall–Kier alpha value is -4.21. The van der Waals surface area contributed by atoms with Gasteiger partial charge in [-0.15, -0.1) is 0 Å². The van der Waals surface area contributed by atoms with Crippen LogP contribution in [-0.4, -0.2) is 77.0 Å². The Balaban J connectivity index is 1.42. The number of ether oxygens (including phenoxy) is 2. The van der Waals surface area contributed by atoms with Crippen molar-refractivity contribution in [3.8, 4) is 29.2 Å². The standard InChI is InChI=1S/C31H28ClF5N8O2/c1-40-10-19-13-46-28-22-26(24(34)25(41-28)20-6-18(39)7-21(32)23(20)31(35,36)37)42-29(43-27(22)45(19)11-16-5-15(16)9-38)47-14-30-3-2-4-44(30)12-17(33)8-30/h6-7,15-17,19H,2-5,8,10-14,39H2/t15?,16?,17-,19?,30+/m1/s1. The second kappa shape index (κ2) is 11.5. The summed E-state index contributed by atoms with van der Waals surface area (Å²) in [5.41, 5.74) is 1.89. The van der Waals surface area contributed by atoms with Gasteiger partial charge in [-0.3, -0.25) is 4.90 Å². The van der Waals surface area contributed by atoms with E-state index in [4.69, 9.17) is 33.4 Å². The summed E-state index contributed by atoms with van der Waals surface area (Å²) in [4.78, 5) is 20.5. The predicted molar refractivity (Wildman–Crippen MR) is 161 cm³/mol. The van der Waals surface area contributed by atoms with E-state index < -0.39 is 57.1 Å². The number of pyridine rings is 1. The number of nitrogens with zero attached hydrogens (tertiary/aromatic N) is 7. The number of hydrogen-bond acceptors (Lipinski definition) is 9. The zero-order chi connectivity index (χ0) is 33.2. The fourth-order valence-electron chi connectivity index (χ4n) is 7.20. The van der Waals surface area contributed by atoms with Gasteiger partial charge in [0.1, 0.15) is 47.8 Å². The smallest absolute Gasteiger partial charge is 0.418 e. The third-order valence-corrected chi connectivity index (χ3v) is 9.84. The van der Waals surface area contributed by atoms with E-state index in [0.717, 1.165) is 18.6 Å². The van der Waals surface area contributed by atoms with Gasteiger partial charge in [0.05, 0.1) is 28.1 Å². The molecule has 10 nitrogen and oxygen atoms in total. The highest BCUT2D eigenvalue weighted by Gasteiger charge is 2.50. The van der Waals surface area contributed by atoms with E-state index in [9.17, 15) is 22.8 Å². The summed E-state index contributed by atoms with van der Waals surface area (Å²) in [6, 6.07) is 3.18. The van der Waals surface area contributed by atoms with Crippen molar-refractivity contribution in [3.63, 3.8) is 0 Å². The molecule has 16 heteroatoms. The topological polar surface area (TPSA) is 118 Å². The molecule has 0 spiro atoms. The first kappa shape index (κ1) is 31.4. The Morgan fingerprint density at radius 2 is 2.09 bits per heavy atom. The number of benzene rings is 1. The predicted octanol–water partition coefficient (Wildman–Crippen LogP) is 5.69. The first-order valence-electron chi connectivity index (χ1n) is 15.1. The molecule has 3 unspecified atom stereocenters. The molecule has 4 aliphatic rings. The lowest BCUT2D eigenvalue weighted by Gasteiger charge is -2.31. The van der Waals surface area contributed by atoms with Crippen LogP contribution in [-0.2, 0) is 6.18 Å². The van der Waals surface area contributed by atoms with Gasteiger partial charge >= 0.3 is 12.2 Å². The normalized spacial score (nSPS) is 26.8. The SMILES string of the molecule is [C-]#[N+]CC1COc2nc(-c3cc(N)cc(Cl)c3C(F)(F)F)c(F)c3nc(OC[C@@]45CCCN4C[C@H](F)C5)nc(c23)N1CC1CC1C#N. The summed E-state index contributed by atoms with van der Waals surface area (Å²) in [6.07, 6.45) is -3.63. The maximum atomic E-state index is 16.7. The molecule has 1 aromatic carbocycles. The number of nitrogen functional groups attached to an aromatic ring is 1. The Kier molecular flexibility index (Phi) is 7.67. The van der Waals surface area contributed by atoms with Crippen molar-refractivity contribution in [1.82, 2.24) is 19.9 Å². The lowest BCUT2D eigenvalue weighted by atomic mass is 9.95. The number of nitriles is 1. The molecule has 7 rings (SSSR count). The Labute approximate surface area is 271 Å². The van der Waals surface area contributed by atoms with Crippen molar-refractivity contribution in [2.75, 3.05) is 50.0 Å². The van der Waals surface area contributed by atoms with Crippen molar-refractivity contribution >= 4 is 34.0 Å². The van der Waals surface area contributed by atoms with Gasteiger partial charge in [-0.05, 0) is 43.9 Å². The maximum absolute atomic E-state index is 16.7. The lowest BCUT2D eigenvalue weighted by Crippen LogP contribution is -2.44. The molecule has 1 aliphatic carbocycles. The molecule has 3 aromatic rings. The second-order valence-electron chi connectivity index (χ2n) is 12.6. The number of aromatic nitrogens is 3. The van der Waals surface area contributed by atoms with Crippen molar-refractivity contribution in [3.05, 3.63) is 40.0 Å². The number of nitrogens with two attached hydrogens (primary N) is 1. The van der Waals surface area contributed by atoms with Crippen LogP contribution in [0.5, 0.6) is 11.9 Å². The number of anilines is 2. The average Bonchev–Trinajstić information content (AvgIpc) is 3.59. The molecule has 3 aliphatic heterocycles. The van der Waals surface area contributed by atoms with E-state index in [-0.39, 0.29) is 79.9 Å². The molecule has 2 saturated heterocycles. The minimum atomic E-state index is -5.00. The minimum Gasteiger partial charge on any atom is -0.475 e. The molecule has 0 bridgehead atoms.